The van der Waals surface area contributed by atoms with Crippen LogP contribution < -0.4 is 15.4 Å². The first kappa shape index (κ1) is 15.6. The Morgan fingerprint density at radius 3 is 2.65 bits per heavy atom. The van der Waals surface area contributed by atoms with Crippen molar-refractivity contribution in [1.82, 2.24) is 10.1 Å². The molecule has 0 atom stereocenters. The smallest absolute Gasteiger partial charge is 0.325 e. The molecule has 0 saturated carbocycles. The number of hydrogen-bond donors (Lipinski definition) is 2. The van der Waals surface area contributed by atoms with Crippen LogP contribution in [0.5, 0.6) is 11.6 Å². The Balaban J connectivity index is 1.53. The molecule has 7 nitrogen and oxygen atoms in total. The van der Waals surface area contributed by atoms with E-state index in [-0.39, 0.29) is 0 Å². The van der Waals surface area contributed by atoms with Gasteiger partial charge in [-0.2, -0.15) is 0 Å². The van der Waals surface area contributed by atoms with Crippen molar-refractivity contribution in [2.75, 3.05) is 10.6 Å². The van der Waals surface area contributed by atoms with Crippen molar-refractivity contribution in [3.63, 3.8) is 0 Å². The molecule has 2 aromatic heterocycles. The maximum absolute atomic E-state index is 12.1. The van der Waals surface area contributed by atoms with Crippen LogP contribution in [0.1, 0.15) is 0 Å². The molecule has 2 amide bonds. The Kier molecular flexibility index (Phi) is 4.17. The van der Waals surface area contributed by atoms with Crippen molar-refractivity contribution in [2.24, 2.45) is 0 Å². The normalized spacial score (nSPS) is 10.5. The number of ether oxygens (including phenoxy) is 1. The molecule has 0 aliphatic heterocycles. The number of urea groups is 1. The summed E-state index contributed by atoms with van der Waals surface area (Å²) in [6.07, 6.45) is 1.37. The predicted molar refractivity (Wildman–Crippen MR) is 97.4 cm³/mol. The molecule has 2 N–H and O–H groups in total. The molecule has 26 heavy (non-hydrogen) atoms. The lowest BCUT2D eigenvalue weighted by Gasteiger charge is -2.12. The second-order valence-electron chi connectivity index (χ2n) is 5.40. The summed E-state index contributed by atoms with van der Waals surface area (Å²) in [6.45, 7) is 0. The average molecular weight is 346 g/mol. The van der Waals surface area contributed by atoms with Crippen molar-refractivity contribution in [1.29, 1.82) is 0 Å². The van der Waals surface area contributed by atoms with Gasteiger partial charge in [-0.25, -0.2) is 9.78 Å². The minimum absolute atomic E-state index is 0.317. The summed E-state index contributed by atoms with van der Waals surface area (Å²) in [5, 5.41) is 9.94. The fourth-order valence-electron chi connectivity index (χ4n) is 2.42. The number of fused-ring (bicyclic) bond motifs is 1. The number of rotatable bonds is 4. The zero-order valence-electron chi connectivity index (χ0n) is 13.5. The van der Waals surface area contributed by atoms with Gasteiger partial charge in [-0.05, 0) is 24.3 Å². The van der Waals surface area contributed by atoms with Gasteiger partial charge in [0, 0.05) is 17.5 Å². The molecular formula is C19H14N4O3. The monoisotopic (exact) mass is 346 g/mol. The number of nitrogens with zero attached hydrogens (tertiary/aromatic N) is 2. The third-order valence-corrected chi connectivity index (χ3v) is 3.60. The molecule has 0 bridgehead atoms. The quantitative estimate of drug-likeness (QED) is 0.561. The molecule has 0 unspecified atom stereocenters. The molecule has 7 heteroatoms. The minimum Gasteiger partial charge on any atom is -0.437 e. The molecule has 0 aliphatic carbocycles. The van der Waals surface area contributed by atoms with Crippen molar-refractivity contribution in [3.05, 3.63) is 73.0 Å². The summed E-state index contributed by atoms with van der Waals surface area (Å²) in [4.78, 5) is 16.6. The molecule has 0 aliphatic rings. The van der Waals surface area contributed by atoms with Crippen LogP contribution in [0.4, 0.5) is 16.3 Å². The lowest BCUT2D eigenvalue weighted by atomic mass is 10.2. The highest BCUT2D eigenvalue weighted by molar-refractivity contribution is 6.00. The number of nitrogens with one attached hydrogen (secondary N) is 2. The molecule has 2 aromatic carbocycles. The number of aromatic nitrogens is 2. The summed E-state index contributed by atoms with van der Waals surface area (Å²) in [6, 6.07) is 19.7. The standard InChI is InChI=1S/C19H14N4O3/c24-19(22-17-11-12-25-23-17)21-15-7-3-4-8-16(15)26-18-10-9-13-5-1-2-6-14(13)20-18/h1-12H,(H2,21,22,23,24). The molecule has 0 saturated heterocycles. The van der Waals surface area contributed by atoms with Gasteiger partial charge in [0.1, 0.15) is 6.26 Å². The summed E-state index contributed by atoms with van der Waals surface area (Å²) in [7, 11) is 0. The highest BCUT2D eigenvalue weighted by atomic mass is 16.5. The topological polar surface area (TPSA) is 89.3 Å². The highest BCUT2D eigenvalue weighted by Gasteiger charge is 2.10. The Labute approximate surface area is 148 Å². The first-order chi connectivity index (χ1) is 12.8. The second-order valence-corrected chi connectivity index (χ2v) is 5.40. The SMILES string of the molecule is O=C(Nc1ccon1)Nc1ccccc1Oc1ccc2ccccc2n1. The average Bonchev–Trinajstić information content (AvgIpc) is 3.16. The zero-order chi connectivity index (χ0) is 17.8. The van der Waals surface area contributed by atoms with Crippen LogP contribution in [0.25, 0.3) is 10.9 Å². The van der Waals surface area contributed by atoms with E-state index in [1.807, 2.05) is 36.4 Å². The van der Waals surface area contributed by atoms with Crippen LogP contribution in [-0.2, 0) is 0 Å². The number of carbonyl (C=O) groups is 1. The second kappa shape index (κ2) is 6.94. The molecule has 2 heterocycles. The molecule has 128 valence electrons. The van der Waals surface area contributed by atoms with Crippen molar-refractivity contribution in [3.8, 4) is 11.6 Å². The fraction of sp³-hybridized carbons (Fsp3) is 0. The fourth-order valence-corrected chi connectivity index (χ4v) is 2.42. The summed E-state index contributed by atoms with van der Waals surface area (Å²) in [5.74, 6) is 1.23. The van der Waals surface area contributed by atoms with E-state index in [0.717, 1.165) is 10.9 Å². The molecule has 0 fully saturated rings. The van der Waals surface area contributed by atoms with Crippen LogP contribution in [0.3, 0.4) is 0 Å². The Morgan fingerprint density at radius 1 is 0.923 bits per heavy atom. The highest BCUT2D eigenvalue weighted by Crippen LogP contribution is 2.29. The van der Waals surface area contributed by atoms with Crippen LogP contribution in [0.2, 0.25) is 0 Å². The van der Waals surface area contributed by atoms with Crippen LogP contribution in [-0.4, -0.2) is 16.2 Å². The number of pyridine rings is 1. The van der Waals surface area contributed by atoms with Gasteiger partial charge in [0.05, 0.1) is 11.2 Å². The number of anilines is 2. The molecule has 4 rings (SSSR count). The van der Waals surface area contributed by atoms with Gasteiger partial charge in [-0.3, -0.25) is 5.32 Å². The molecule has 4 aromatic rings. The van der Waals surface area contributed by atoms with Gasteiger partial charge in [0.2, 0.25) is 5.88 Å². The number of carbonyl (C=O) groups excluding carboxylic acids is 1. The van der Waals surface area contributed by atoms with Gasteiger partial charge in [-0.1, -0.05) is 35.5 Å². The van der Waals surface area contributed by atoms with E-state index in [1.54, 1.807) is 30.3 Å². The molecular weight excluding hydrogens is 332 g/mol. The number of benzene rings is 2. The lowest BCUT2D eigenvalue weighted by molar-refractivity contribution is 0.262. The summed E-state index contributed by atoms with van der Waals surface area (Å²) < 4.78 is 10.5. The van der Waals surface area contributed by atoms with E-state index < -0.39 is 6.03 Å². The third-order valence-electron chi connectivity index (χ3n) is 3.60. The van der Waals surface area contributed by atoms with Gasteiger partial charge in [0.15, 0.2) is 11.6 Å². The van der Waals surface area contributed by atoms with Crippen molar-refractivity contribution < 1.29 is 14.1 Å². The van der Waals surface area contributed by atoms with Crippen LogP contribution >= 0.6 is 0 Å². The van der Waals surface area contributed by atoms with Gasteiger partial charge < -0.3 is 14.6 Å². The Bertz CT molecular complexity index is 1050. The predicted octanol–water partition coefficient (Wildman–Crippen LogP) is 4.66. The maximum atomic E-state index is 12.1. The molecule has 0 radical (unpaired) electrons. The molecule has 0 spiro atoms. The zero-order valence-corrected chi connectivity index (χ0v) is 13.5. The van der Waals surface area contributed by atoms with Gasteiger partial charge in [-0.15, -0.1) is 0 Å². The van der Waals surface area contributed by atoms with E-state index in [1.165, 1.54) is 6.26 Å². The summed E-state index contributed by atoms with van der Waals surface area (Å²) in [5.41, 5.74) is 1.34. The largest absolute Gasteiger partial charge is 0.437 e. The maximum Gasteiger partial charge on any atom is 0.325 e. The van der Waals surface area contributed by atoms with E-state index in [2.05, 4.69) is 25.3 Å². The van der Waals surface area contributed by atoms with E-state index in [4.69, 9.17) is 4.74 Å². The van der Waals surface area contributed by atoms with Crippen LogP contribution in [0, 0.1) is 0 Å². The Hall–Kier alpha value is -3.87. The number of hydrogen-bond acceptors (Lipinski definition) is 5. The van der Waals surface area contributed by atoms with E-state index in [9.17, 15) is 4.79 Å². The Morgan fingerprint density at radius 2 is 1.77 bits per heavy atom. The first-order valence-corrected chi connectivity index (χ1v) is 7.89. The first-order valence-electron chi connectivity index (χ1n) is 7.89. The van der Waals surface area contributed by atoms with Gasteiger partial charge in [0.25, 0.3) is 0 Å². The van der Waals surface area contributed by atoms with E-state index >= 15 is 0 Å². The van der Waals surface area contributed by atoms with Crippen molar-refractivity contribution >= 4 is 28.4 Å². The van der Waals surface area contributed by atoms with E-state index in [0.29, 0.717) is 23.1 Å². The lowest BCUT2D eigenvalue weighted by Crippen LogP contribution is -2.19. The van der Waals surface area contributed by atoms with Crippen molar-refractivity contribution in [2.45, 2.75) is 0 Å². The number of amides is 2. The number of para-hydroxylation sites is 3. The third kappa shape index (κ3) is 3.46. The van der Waals surface area contributed by atoms with Crippen LogP contribution in [0.15, 0.2) is 77.5 Å². The minimum atomic E-state index is -0.457. The summed E-state index contributed by atoms with van der Waals surface area (Å²) >= 11 is 0. The van der Waals surface area contributed by atoms with Gasteiger partial charge >= 0.3 is 6.03 Å².